The predicted octanol–water partition coefficient (Wildman–Crippen LogP) is 3.17. The van der Waals surface area contributed by atoms with Gasteiger partial charge >= 0.3 is 0 Å². The molecule has 2 aliphatic carbocycles. The maximum atomic E-state index is 3.66. The summed E-state index contributed by atoms with van der Waals surface area (Å²) in [5, 5.41) is 7.28. The van der Waals surface area contributed by atoms with Crippen LogP contribution in [0.2, 0.25) is 0 Å². The quantitative estimate of drug-likeness (QED) is 0.751. The van der Waals surface area contributed by atoms with Crippen LogP contribution in [0.3, 0.4) is 0 Å². The van der Waals surface area contributed by atoms with Gasteiger partial charge in [-0.25, -0.2) is 0 Å². The van der Waals surface area contributed by atoms with Gasteiger partial charge in [0.2, 0.25) is 0 Å². The Kier molecular flexibility index (Phi) is 2.41. The third kappa shape index (κ3) is 1.55. The van der Waals surface area contributed by atoms with Crippen molar-refractivity contribution in [2.45, 2.75) is 45.6 Å². The van der Waals surface area contributed by atoms with Crippen molar-refractivity contribution in [1.29, 1.82) is 0 Å². The zero-order valence-electron chi connectivity index (χ0n) is 11.8. The van der Waals surface area contributed by atoms with Gasteiger partial charge in [0.15, 0.2) is 0 Å². The summed E-state index contributed by atoms with van der Waals surface area (Å²) in [6, 6.07) is 0.513. The van der Waals surface area contributed by atoms with Crippen LogP contribution in [0, 0.1) is 5.92 Å². The van der Waals surface area contributed by atoms with Crippen LogP contribution < -0.4 is 10.6 Å². The van der Waals surface area contributed by atoms with Crippen LogP contribution >= 0.6 is 0 Å². The third-order valence-corrected chi connectivity index (χ3v) is 5.07. The number of hydrogen-bond donors (Lipinski definition) is 2. The van der Waals surface area contributed by atoms with Crippen molar-refractivity contribution in [3.63, 3.8) is 0 Å². The van der Waals surface area contributed by atoms with Gasteiger partial charge in [-0.1, -0.05) is 13.0 Å². The smallest absolute Gasteiger partial charge is 0.0451 e. The van der Waals surface area contributed by atoms with Crippen LogP contribution in [0.5, 0.6) is 0 Å². The summed E-state index contributed by atoms with van der Waals surface area (Å²) >= 11 is 0. The largest absolute Gasteiger partial charge is 0.384 e. The average molecular weight is 254 g/mol. The molecule has 100 valence electrons. The van der Waals surface area contributed by atoms with Gasteiger partial charge < -0.3 is 10.6 Å². The Balaban J connectivity index is 1.88. The van der Waals surface area contributed by atoms with Crippen molar-refractivity contribution in [2.24, 2.45) is 5.92 Å². The molecule has 1 saturated heterocycles. The Morgan fingerprint density at radius 3 is 3.11 bits per heavy atom. The fraction of sp³-hybridized carbons (Fsp3) is 0.529. The molecule has 0 aromatic rings. The summed E-state index contributed by atoms with van der Waals surface area (Å²) in [4.78, 5) is 0. The minimum Gasteiger partial charge on any atom is -0.384 e. The second-order valence-corrected chi connectivity index (χ2v) is 6.16. The van der Waals surface area contributed by atoms with Crippen molar-refractivity contribution in [3.05, 3.63) is 45.8 Å². The van der Waals surface area contributed by atoms with E-state index in [9.17, 15) is 0 Å². The Labute approximate surface area is 115 Å². The lowest BCUT2D eigenvalue weighted by atomic mass is 9.73. The molecule has 2 nitrogen and oxygen atoms in total. The fourth-order valence-corrected chi connectivity index (χ4v) is 4.14. The second kappa shape index (κ2) is 4.03. The SMILES string of the molecule is CCC1=CC2=C(CC3CNC4=CCCC2=C43)C(C)N1. The molecule has 0 amide bonds. The molecule has 2 heteroatoms. The zero-order chi connectivity index (χ0) is 13.0. The molecule has 0 radical (unpaired) electrons. The predicted molar refractivity (Wildman–Crippen MR) is 78.5 cm³/mol. The summed E-state index contributed by atoms with van der Waals surface area (Å²) in [6.07, 6.45) is 9.60. The first-order valence-electron chi connectivity index (χ1n) is 7.66. The minimum atomic E-state index is 0.513. The van der Waals surface area contributed by atoms with Gasteiger partial charge in [-0.05, 0) is 61.0 Å². The second-order valence-electron chi connectivity index (χ2n) is 6.16. The van der Waals surface area contributed by atoms with E-state index in [1.54, 1.807) is 22.3 Å². The Morgan fingerprint density at radius 1 is 1.37 bits per heavy atom. The van der Waals surface area contributed by atoms with E-state index < -0.39 is 0 Å². The van der Waals surface area contributed by atoms with Gasteiger partial charge in [-0.15, -0.1) is 0 Å². The highest BCUT2D eigenvalue weighted by molar-refractivity contribution is 5.60. The van der Waals surface area contributed by atoms with Crippen LogP contribution in [-0.2, 0) is 0 Å². The minimum absolute atomic E-state index is 0.513. The standard InChI is InChI=1S/C17H22N2/c1-3-12-8-15-13-5-4-6-16-17(13)11(9-18-16)7-14(15)10(2)19-12/h6,8,10-11,18-19H,3-5,7,9H2,1-2H3. The maximum absolute atomic E-state index is 3.66. The van der Waals surface area contributed by atoms with Gasteiger partial charge in [0, 0.05) is 29.9 Å². The Bertz CT molecular complexity index is 560. The average Bonchev–Trinajstić information content (AvgIpc) is 2.85. The molecular formula is C17H22N2. The monoisotopic (exact) mass is 254 g/mol. The van der Waals surface area contributed by atoms with Gasteiger partial charge in [0.05, 0.1) is 0 Å². The summed E-state index contributed by atoms with van der Waals surface area (Å²) in [5.41, 5.74) is 9.35. The van der Waals surface area contributed by atoms with Gasteiger partial charge in [0.25, 0.3) is 0 Å². The van der Waals surface area contributed by atoms with E-state index in [0.29, 0.717) is 6.04 Å². The molecule has 0 spiro atoms. The normalized spacial score (nSPS) is 32.1. The van der Waals surface area contributed by atoms with Gasteiger partial charge in [0.1, 0.15) is 0 Å². The number of rotatable bonds is 1. The summed E-state index contributed by atoms with van der Waals surface area (Å²) in [5.74, 6) is 0.723. The van der Waals surface area contributed by atoms with Crippen molar-refractivity contribution in [2.75, 3.05) is 6.54 Å². The molecule has 2 atom stereocenters. The molecular weight excluding hydrogens is 232 g/mol. The molecule has 0 aromatic heterocycles. The zero-order valence-corrected chi connectivity index (χ0v) is 11.8. The van der Waals surface area contributed by atoms with Gasteiger partial charge in [-0.2, -0.15) is 0 Å². The lowest BCUT2D eigenvalue weighted by molar-refractivity contribution is 0.553. The van der Waals surface area contributed by atoms with E-state index in [-0.39, 0.29) is 0 Å². The number of hydrogen-bond acceptors (Lipinski definition) is 2. The highest BCUT2D eigenvalue weighted by atomic mass is 15.0. The molecule has 0 aromatic carbocycles. The number of dihydropyridines is 1. The lowest BCUT2D eigenvalue weighted by Gasteiger charge is -2.36. The summed E-state index contributed by atoms with van der Waals surface area (Å²) in [6.45, 7) is 5.70. The van der Waals surface area contributed by atoms with Gasteiger partial charge in [-0.3, -0.25) is 0 Å². The van der Waals surface area contributed by atoms with E-state index in [0.717, 1.165) is 18.9 Å². The molecule has 2 unspecified atom stereocenters. The first kappa shape index (κ1) is 11.4. The Morgan fingerprint density at radius 2 is 2.26 bits per heavy atom. The summed E-state index contributed by atoms with van der Waals surface area (Å²) < 4.78 is 0. The highest BCUT2D eigenvalue weighted by Gasteiger charge is 2.37. The van der Waals surface area contributed by atoms with Crippen LogP contribution in [0.15, 0.2) is 45.8 Å². The van der Waals surface area contributed by atoms with Crippen molar-refractivity contribution >= 4 is 0 Å². The molecule has 19 heavy (non-hydrogen) atoms. The molecule has 4 aliphatic rings. The topological polar surface area (TPSA) is 24.1 Å². The first-order valence-corrected chi connectivity index (χ1v) is 7.66. The Hall–Kier alpha value is -1.44. The van der Waals surface area contributed by atoms with Crippen LogP contribution in [0.25, 0.3) is 0 Å². The fourth-order valence-electron chi connectivity index (χ4n) is 4.14. The van der Waals surface area contributed by atoms with Crippen LogP contribution in [0.1, 0.15) is 39.5 Å². The highest BCUT2D eigenvalue weighted by Crippen LogP contribution is 2.47. The van der Waals surface area contributed by atoms with Crippen molar-refractivity contribution in [1.82, 2.24) is 10.6 Å². The van der Waals surface area contributed by atoms with Crippen LogP contribution in [0.4, 0.5) is 0 Å². The van der Waals surface area contributed by atoms with E-state index >= 15 is 0 Å². The molecule has 1 fully saturated rings. The number of fused-ring (bicyclic) bond motifs is 1. The first-order chi connectivity index (χ1) is 9.28. The van der Waals surface area contributed by atoms with Crippen LogP contribution in [-0.4, -0.2) is 12.6 Å². The third-order valence-electron chi connectivity index (χ3n) is 5.07. The lowest BCUT2D eigenvalue weighted by Crippen LogP contribution is -2.34. The molecule has 2 N–H and O–H groups in total. The van der Waals surface area contributed by atoms with E-state index in [2.05, 4.69) is 36.6 Å². The molecule has 0 saturated carbocycles. The molecule has 2 aliphatic heterocycles. The van der Waals surface area contributed by atoms with Crippen molar-refractivity contribution < 1.29 is 0 Å². The van der Waals surface area contributed by atoms with E-state index in [4.69, 9.17) is 0 Å². The summed E-state index contributed by atoms with van der Waals surface area (Å²) in [7, 11) is 0. The number of nitrogens with one attached hydrogen (secondary N) is 2. The van der Waals surface area contributed by atoms with E-state index in [1.165, 1.54) is 30.7 Å². The molecule has 0 bridgehead atoms. The molecule has 4 rings (SSSR count). The number of allylic oxidation sites excluding steroid dienone is 6. The van der Waals surface area contributed by atoms with Crippen molar-refractivity contribution in [3.8, 4) is 0 Å². The molecule has 2 heterocycles. The maximum Gasteiger partial charge on any atom is 0.0451 e. The van der Waals surface area contributed by atoms with E-state index in [1.807, 2.05) is 0 Å².